The van der Waals surface area contributed by atoms with Crippen molar-refractivity contribution in [2.45, 2.75) is 18.2 Å². The predicted molar refractivity (Wildman–Crippen MR) is 114 cm³/mol. The lowest BCUT2D eigenvalue weighted by molar-refractivity contribution is 0.353. The number of para-hydroxylation sites is 1. The number of ether oxygens (including phenoxy) is 2. The van der Waals surface area contributed by atoms with Gasteiger partial charge in [0.15, 0.2) is 11.5 Å². The summed E-state index contributed by atoms with van der Waals surface area (Å²) in [6, 6.07) is 12.9. The van der Waals surface area contributed by atoms with Crippen LogP contribution in [0.15, 0.2) is 53.4 Å². The van der Waals surface area contributed by atoms with Gasteiger partial charge in [-0.1, -0.05) is 24.3 Å². The van der Waals surface area contributed by atoms with Gasteiger partial charge in [-0.15, -0.1) is 0 Å². The Morgan fingerprint density at radius 3 is 2.48 bits per heavy atom. The fourth-order valence-corrected chi connectivity index (χ4v) is 5.31. The first kappa shape index (κ1) is 19.5. The van der Waals surface area contributed by atoms with E-state index in [2.05, 4.69) is 24.0 Å². The van der Waals surface area contributed by atoms with Gasteiger partial charge in [-0.05, 0) is 37.1 Å². The van der Waals surface area contributed by atoms with Crippen LogP contribution in [-0.2, 0) is 10.0 Å². The number of methoxy groups -OCH3 is 2. The molecule has 0 atom stereocenters. The zero-order valence-corrected chi connectivity index (χ0v) is 17.5. The molecule has 1 N–H and O–H groups in total. The summed E-state index contributed by atoms with van der Waals surface area (Å²) in [7, 11) is -0.602. The molecule has 7 heteroatoms. The monoisotopic (exact) mass is 412 g/mol. The number of aryl methyl sites for hydroxylation is 1. The minimum atomic E-state index is -3.62. The van der Waals surface area contributed by atoms with Crippen LogP contribution in [0.4, 0.5) is 0 Å². The van der Waals surface area contributed by atoms with Crippen molar-refractivity contribution in [1.82, 2.24) is 9.29 Å². The van der Waals surface area contributed by atoms with Crippen LogP contribution in [-0.4, -0.2) is 45.0 Å². The maximum atomic E-state index is 13.1. The number of aromatic amines is 1. The van der Waals surface area contributed by atoms with Crippen LogP contribution < -0.4 is 9.47 Å². The molecule has 0 radical (unpaired) electrons. The van der Waals surface area contributed by atoms with Gasteiger partial charge < -0.3 is 14.5 Å². The largest absolute Gasteiger partial charge is 0.493 e. The third-order valence-electron chi connectivity index (χ3n) is 5.38. The minimum absolute atomic E-state index is 0.204. The molecule has 1 aromatic heterocycles. The maximum Gasteiger partial charge on any atom is 0.243 e. The van der Waals surface area contributed by atoms with E-state index in [0.29, 0.717) is 31.0 Å². The number of nitrogens with zero attached hydrogens (tertiary/aromatic N) is 1. The molecule has 1 aliphatic rings. The summed E-state index contributed by atoms with van der Waals surface area (Å²) < 4.78 is 38.2. The third kappa shape index (κ3) is 3.41. The van der Waals surface area contributed by atoms with Gasteiger partial charge in [0.1, 0.15) is 0 Å². The zero-order chi connectivity index (χ0) is 20.6. The molecular formula is C22H24N2O4S. The molecule has 2 heterocycles. The van der Waals surface area contributed by atoms with Gasteiger partial charge in [-0.25, -0.2) is 8.42 Å². The molecule has 3 aromatic rings. The lowest BCUT2D eigenvalue weighted by Gasteiger charge is -2.26. The number of H-pyrrole nitrogens is 1. The van der Waals surface area contributed by atoms with E-state index < -0.39 is 10.0 Å². The highest BCUT2D eigenvalue weighted by molar-refractivity contribution is 7.89. The lowest BCUT2D eigenvalue weighted by Crippen LogP contribution is -2.34. The lowest BCUT2D eigenvalue weighted by atomic mass is 9.97. The standard InChI is InChI=1S/C22H24N2O4S/c1-15-22(18-6-4-5-7-19(18)23-15)16-10-12-24(13-11-16)29(25,26)17-8-9-20(27-2)21(14-17)28-3/h4-10,14,23H,11-13H2,1-3H3. The summed E-state index contributed by atoms with van der Waals surface area (Å²) in [5.74, 6) is 0.901. The normalized spacial score (nSPS) is 15.3. The molecule has 152 valence electrons. The highest BCUT2D eigenvalue weighted by atomic mass is 32.2. The molecule has 0 fully saturated rings. The number of fused-ring (bicyclic) bond motifs is 1. The highest BCUT2D eigenvalue weighted by Crippen LogP contribution is 2.35. The molecule has 0 amide bonds. The van der Waals surface area contributed by atoms with Crippen LogP contribution in [0.1, 0.15) is 17.7 Å². The van der Waals surface area contributed by atoms with E-state index in [1.54, 1.807) is 12.1 Å². The molecule has 1 aliphatic heterocycles. The third-order valence-corrected chi connectivity index (χ3v) is 7.24. The fourth-order valence-electron chi connectivity index (χ4n) is 3.91. The van der Waals surface area contributed by atoms with E-state index in [9.17, 15) is 8.42 Å². The first-order valence-corrected chi connectivity index (χ1v) is 10.9. The van der Waals surface area contributed by atoms with Crippen molar-refractivity contribution < 1.29 is 17.9 Å². The van der Waals surface area contributed by atoms with E-state index in [4.69, 9.17) is 9.47 Å². The topological polar surface area (TPSA) is 71.6 Å². The Labute approximate surface area is 170 Å². The van der Waals surface area contributed by atoms with Gasteiger partial charge in [-0.2, -0.15) is 4.31 Å². The Morgan fingerprint density at radius 1 is 1.03 bits per heavy atom. The number of aromatic nitrogens is 1. The highest BCUT2D eigenvalue weighted by Gasteiger charge is 2.28. The van der Waals surface area contributed by atoms with Crippen LogP contribution >= 0.6 is 0 Å². The summed E-state index contributed by atoms with van der Waals surface area (Å²) in [5.41, 5.74) is 4.57. The number of rotatable bonds is 5. The van der Waals surface area contributed by atoms with Gasteiger partial charge in [0.05, 0.1) is 19.1 Å². The van der Waals surface area contributed by atoms with Crippen LogP contribution in [0.3, 0.4) is 0 Å². The van der Waals surface area contributed by atoms with Crippen molar-refractivity contribution in [3.63, 3.8) is 0 Å². The number of sulfonamides is 1. The number of benzene rings is 2. The maximum absolute atomic E-state index is 13.1. The Hall–Kier alpha value is -2.77. The van der Waals surface area contributed by atoms with E-state index in [1.807, 2.05) is 18.2 Å². The second kappa shape index (κ2) is 7.57. The molecular weight excluding hydrogens is 388 g/mol. The summed E-state index contributed by atoms with van der Waals surface area (Å²) in [6.07, 6.45) is 2.68. The van der Waals surface area contributed by atoms with Crippen LogP contribution in [0.5, 0.6) is 11.5 Å². The first-order valence-electron chi connectivity index (χ1n) is 9.44. The molecule has 2 aromatic carbocycles. The number of hydrogen-bond acceptors (Lipinski definition) is 4. The average molecular weight is 413 g/mol. The van der Waals surface area contributed by atoms with Crippen molar-refractivity contribution in [2.24, 2.45) is 0 Å². The Bertz CT molecular complexity index is 1190. The molecule has 6 nitrogen and oxygen atoms in total. The number of nitrogens with one attached hydrogen (secondary N) is 1. The van der Waals surface area contributed by atoms with Gasteiger partial charge >= 0.3 is 0 Å². The van der Waals surface area contributed by atoms with Gasteiger partial charge in [0.25, 0.3) is 0 Å². The molecule has 0 aliphatic carbocycles. The average Bonchev–Trinajstić information content (AvgIpc) is 3.08. The summed E-state index contributed by atoms with van der Waals surface area (Å²) in [5, 5.41) is 1.17. The molecule has 4 rings (SSSR count). The first-order chi connectivity index (χ1) is 14.0. The van der Waals surface area contributed by atoms with Crippen molar-refractivity contribution >= 4 is 26.5 Å². The predicted octanol–water partition coefficient (Wildman–Crippen LogP) is 3.97. The Balaban J connectivity index is 1.63. The van der Waals surface area contributed by atoms with E-state index in [-0.39, 0.29) is 4.90 Å². The molecule has 0 spiro atoms. The number of hydrogen-bond donors (Lipinski definition) is 1. The SMILES string of the molecule is COc1ccc(S(=O)(=O)N2CC=C(c3c(C)[nH]c4ccccc34)CC2)cc1OC. The Morgan fingerprint density at radius 2 is 1.79 bits per heavy atom. The van der Waals surface area contributed by atoms with E-state index in [1.165, 1.54) is 41.1 Å². The van der Waals surface area contributed by atoms with Crippen molar-refractivity contribution in [1.29, 1.82) is 0 Å². The van der Waals surface area contributed by atoms with Crippen LogP contribution in [0, 0.1) is 6.92 Å². The summed E-state index contributed by atoms with van der Waals surface area (Å²) in [6.45, 7) is 2.83. The van der Waals surface area contributed by atoms with Crippen LogP contribution in [0.2, 0.25) is 0 Å². The molecule has 0 unspecified atom stereocenters. The molecule has 29 heavy (non-hydrogen) atoms. The fraction of sp³-hybridized carbons (Fsp3) is 0.273. The van der Waals surface area contributed by atoms with Gasteiger partial charge in [0, 0.05) is 41.3 Å². The summed E-state index contributed by atoms with van der Waals surface area (Å²) in [4.78, 5) is 3.62. The Kier molecular flexibility index (Phi) is 5.10. The zero-order valence-electron chi connectivity index (χ0n) is 16.7. The minimum Gasteiger partial charge on any atom is -0.493 e. The second-order valence-corrected chi connectivity index (χ2v) is 8.97. The quantitative estimate of drug-likeness (QED) is 0.688. The van der Waals surface area contributed by atoms with E-state index >= 15 is 0 Å². The van der Waals surface area contributed by atoms with E-state index in [0.717, 1.165) is 11.2 Å². The van der Waals surface area contributed by atoms with Crippen molar-refractivity contribution in [2.75, 3.05) is 27.3 Å². The van der Waals surface area contributed by atoms with Crippen LogP contribution in [0.25, 0.3) is 16.5 Å². The summed E-state index contributed by atoms with van der Waals surface area (Å²) >= 11 is 0. The molecule has 0 saturated heterocycles. The van der Waals surface area contributed by atoms with Crippen molar-refractivity contribution in [3.8, 4) is 11.5 Å². The smallest absolute Gasteiger partial charge is 0.243 e. The van der Waals surface area contributed by atoms with Gasteiger partial charge in [-0.3, -0.25) is 0 Å². The second-order valence-electron chi connectivity index (χ2n) is 7.03. The van der Waals surface area contributed by atoms with Crippen molar-refractivity contribution in [3.05, 3.63) is 59.8 Å². The molecule has 0 bridgehead atoms. The molecule has 0 saturated carbocycles. The van der Waals surface area contributed by atoms with Gasteiger partial charge in [0.2, 0.25) is 10.0 Å².